The molecule has 1 N–H and O–H groups in total. The second-order valence-corrected chi connectivity index (χ2v) is 4.45. The maximum atomic E-state index is 13.4. The van der Waals surface area contributed by atoms with Crippen molar-refractivity contribution in [2.45, 2.75) is 6.92 Å². The number of rotatable bonds is 2. The topological polar surface area (TPSA) is 24.9 Å². The van der Waals surface area contributed by atoms with Gasteiger partial charge < -0.3 is 5.32 Å². The molecule has 2 aromatic rings. The monoisotopic (exact) mass is 316 g/mol. The zero-order chi connectivity index (χ0) is 13.3. The van der Waals surface area contributed by atoms with E-state index in [9.17, 15) is 13.2 Å². The minimum Gasteiger partial charge on any atom is -0.334 e. The Labute approximate surface area is 110 Å². The van der Waals surface area contributed by atoms with Gasteiger partial charge in [0.15, 0.2) is 11.6 Å². The van der Waals surface area contributed by atoms with Gasteiger partial charge >= 0.3 is 0 Å². The minimum absolute atomic E-state index is 0.263. The van der Waals surface area contributed by atoms with E-state index in [4.69, 9.17) is 0 Å². The van der Waals surface area contributed by atoms with E-state index in [0.29, 0.717) is 16.6 Å². The quantitative estimate of drug-likeness (QED) is 0.892. The summed E-state index contributed by atoms with van der Waals surface area (Å²) in [7, 11) is 0. The number of anilines is 2. The van der Waals surface area contributed by atoms with E-state index in [1.807, 2.05) is 6.92 Å². The van der Waals surface area contributed by atoms with E-state index < -0.39 is 23.1 Å². The van der Waals surface area contributed by atoms with Crippen LogP contribution in [0.1, 0.15) is 5.56 Å². The fraction of sp³-hybridized carbons (Fsp3) is 0.0833. The lowest BCUT2D eigenvalue weighted by Gasteiger charge is -2.10. The lowest BCUT2D eigenvalue weighted by molar-refractivity contribution is 0.548. The minimum atomic E-state index is -1.01. The van der Waals surface area contributed by atoms with Crippen LogP contribution in [0.4, 0.5) is 24.7 Å². The van der Waals surface area contributed by atoms with Crippen LogP contribution < -0.4 is 5.32 Å². The van der Waals surface area contributed by atoms with Gasteiger partial charge in [0.2, 0.25) is 0 Å². The molecule has 1 aromatic heterocycles. The number of benzene rings is 1. The molecule has 0 unspecified atom stereocenters. The number of nitrogens with zero attached hydrogens (tertiary/aromatic N) is 1. The zero-order valence-corrected chi connectivity index (χ0v) is 10.9. The molecule has 0 atom stereocenters. The van der Waals surface area contributed by atoms with Gasteiger partial charge in [-0.05, 0) is 34.5 Å². The highest BCUT2D eigenvalue weighted by molar-refractivity contribution is 9.10. The van der Waals surface area contributed by atoms with Gasteiger partial charge in [0, 0.05) is 18.3 Å². The molecule has 0 saturated carbocycles. The van der Waals surface area contributed by atoms with E-state index in [0.717, 1.165) is 5.56 Å². The van der Waals surface area contributed by atoms with E-state index in [-0.39, 0.29) is 5.82 Å². The molecule has 0 radical (unpaired) electrons. The molecule has 0 saturated heterocycles. The van der Waals surface area contributed by atoms with Crippen molar-refractivity contribution < 1.29 is 13.2 Å². The molecule has 0 bridgehead atoms. The Bertz CT molecular complexity index is 579. The maximum absolute atomic E-state index is 13.4. The highest BCUT2D eigenvalue weighted by atomic mass is 79.9. The number of hydrogen-bond acceptors (Lipinski definition) is 2. The highest BCUT2D eigenvalue weighted by Gasteiger charge is 2.14. The summed E-state index contributed by atoms with van der Waals surface area (Å²) >= 11 is 3.26. The van der Waals surface area contributed by atoms with Crippen LogP contribution in [0.5, 0.6) is 0 Å². The first-order valence-corrected chi connectivity index (χ1v) is 5.81. The van der Waals surface area contributed by atoms with Crippen molar-refractivity contribution in [2.75, 3.05) is 5.32 Å². The molecule has 2 rings (SSSR count). The summed E-state index contributed by atoms with van der Waals surface area (Å²) in [4.78, 5) is 3.95. The van der Waals surface area contributed by atoms with Crippen LogP contribution in [0, 0.1) is 24.4 Å². The largest absolute Gasteiger partial charge is 0.334 e. The average Bonchev–Trinajstić information content (AvgIpc) is 2.28. The van der Waals surface area contributed by atoms with Crippen LogP contribution >= 0.6 is 15.9 Å². The molecule has 0 aliphatic heterocycles. The van der Waals surface area contributed by atoms with Crippen molar-refractivity contribution in [2.24, 2.45) is 0 Å². The fourth-order valence-electron chi connectivity index (χ4n) is 1.41. The molecule has 6 heteroatoms. The van der Waals surface area contributed by atoms with Crippen molar-refractivity contribution in [3.63, 3.8) is 0 Å². The van der Waals surface area contributed by atoms with Crippen LogP contribution in [0.15, 0.2) is 28.9 Å². The smallest absolute Gasteiger partial charge is 0.152 e. The first kappa shape index (κ1) is 12.9. The Balaban J connectivity index is 2.43. The average molecular weight is 317 g/mol. The first-order valence-electron chi connectivity index (χ1n) is 5.01. The van der Waals surface area contributed by atoms with Crippen LogP contribution in [0.25, 0.3) is 0 Å². The first-order chi connectivity index (χ1) is 8.49. The summed E-state index contributed by atoms with van der Waals surface area (Å²) in [6, 6.07) is 2.96. The Morgan fingerprint density at radius 3 is 2.39 bits per heavy atom. The Kier molecular flexibility index (Phi) is 3.56. The summed E-state index contributed by atoms with van der Waals surface area (Å²) in [5.74, 6) is -2.73. The van der Waals surface area contributed by atoms with Gasteiger partial charge in [0.05, 0.1) is 4.47 Å². The molecular weight excluding hydrogens is 309 g/mol. The van der Waals surface area contributed by atoms with Crippen molar-refractivity contribution >= 4 is 27.4 Å². The lowest BCUT2D eigenvalue weighted by atomic mass is 10.2. The number of aryl methyl sites for hydroxylation is 1. The van der Waals surface area contributed by atoms with Crippen molar-refractivity contribution in [1.82, 2.24) is 4.98 Å². The second-order valence-electron chi connectivity index (χ2n) is 3.66. The van der Waals surface area contributed by atoms with Gasteiger partial charge in [-0.1, -0.05) is 0 Å². The zero-order valence-electron chi connectivity index (χ0n) is 9.27. The Hall–Kier alpha value is -1.56. The van der Waals surface area contributed by atoms with Gasteiger partial charge in [0.1, 0.15) is 17.3 Å². The molecule has 0 aliphatic rings. The van der Waals surface area contributed by atoms with Crippen LogP contribution in [0.3, 0.4) is 0 Å². The Morgan fingerprint density at radius 1 is 1.17 bits per heavy atom. The van der Waals surface area contributed by atoms with Gasteiger partial charge in [-0.25, -0.2) is 18.2 Å². The number of pyridine rings is 1. The molecule has 0 fully saturated rings. The fourth-order valence-corrected chi connectivity index (χ4v) is 1.74. The van der Waals surface area contributed by atoms with Crippen molar-refractivity contribution in [3.05, 3.63) is 51.9 Å². The number of halogens is 4. The standard InChI is InChI=1S/C12H8BrF3N2/c1-6-2-3-17-12(10(6)13)18-11-8(15)4-7(14)5-9(11)16/h2-5H,1H3,(H,17,18). The normalized spacial score (nSPS) is 10.5. The maximum Gasteiger partial charge on any atom is 0.152 e. The van der Waals surface area contributed by atoms with Crippen LogP contribution in [0.2, 0.25) is 0 Å². The Morgan fingerprint density at radius 2 is 1.78 bits per heavy atom. The van der Waals surface area contributed by atoms with E-state index in [2.05, 4.69) is 26.2 Å². The van der Waals surface area contributed by atoms with Gasteiger partial charge in [-0.2, -0.15) is 0 Å². The van der Waals surface area contributed by atoms with Crippen molar-refractivity contribution in [3.8, 4) is 0 Å². The summed E-state index contributed by atoms with van der Waals surface area (Å²) in [5, 5.41) is 2.50. The molecule has 0 spiro atoms. The number of nitrogens with one attached hydrogen (secondary N) is 1. The van der Waals surface area contributed by atoms with Crippen LogP contribution in [-0.2, 0) is 0 Å². The van der Waals surface area contributed by atoms with E-state index >= 15 is 0 Å². The van der Waals surface area contributed by atoms with Gasteiger partial charge in [-0.15, -0.1) is 0 Å². The molecule has 94 valence electrons. The van der Waals surface area contributed by atoms with Crippen molar-refractivity contribution in [1.29, 1.82) is 0 Å². The molecule has 18 heavy (non-hydrogen) atoms. The summed E-state index contributed by atoms with van der Waals surface area (Å²) in [6.45, 7) is 1.81. The molecule has 1 aromatic carbocycles. The van der Waals surface area contributed by atoms with Gasteiger partial charge in [-0.3, -0.25) is 0 Å². The number of hydrogen-bond donors (Lipinski definition) is 1. The third-order valence-electron chi connectivity index (χ3n) is 2.33. The predicted octanol–water partition coefficient (Wildman–Crippen LogP) is 4.31. The second kappa shape index (κ2) is 4.97. The lowest BCUT2D eigenvalue weighted by Crippen LogP contribution is -2.01. The van der Waals surface area contributed by atoms with E-state index in [1.54, 1.807) is 6.07 Å². The number of aromatic nitrogens is 1. The SMILES string of the molecule is Cc1ccnc(Nc2c(F)cc(F)cc2F)c1Br. The summed E-state index contributed by atoms with van der Waals surface area (Å²) in [6.07, 6.45) is 1.50. The summed E-state index contributed by atoms with van der Waals surface area (Å²) < 4.78 is 40.2. The van der Waals surface area contributed by atoms with E-state index in [1.165, 1.54) is 6.20 Å². The predicted molar refractivity (Wildman–Crippen MR) is 66.3 cm³/mol. The molecule has 2 nitrogen and oxygen atoms in total. The molecular formula is C12H8BrF3N2. The molecule has 0 amide bonds. The molecule has 1 heterocycles. The third-order valence-corrected chi connectivity index (χ3v) is 3.33. The molecule has 0 aliphatic carbocycles. The van der Waals surface area contributed by atoms with Gasteiger partial charge in [0.25, 0.3) is 0 Å². The summed E-state index contributed by atoms with van der Waals surface area (Å²) in [5.41, 5.74) is 0.422. The third kappa shape index (κ3) is 2.48. The highest BCUT2D eigenvalue weighted by Crippen LogP contribution is 2.29. The van der Waals surface area contributed by atoms with Crippen LogP contribution in [-0.4, -0.2) is 4.98 Å².